The largest absolute Gasteiger partial charge is 0.352 e. The minimum Gasteiger partial charge on any atom is -0.352 e. The number of nitrogens with zero attached hydrogens (tertiary/aromatic N) is 3. The van der Waals surface area contributed by atoms with Crippen molar-refractivity contribution in [2.24, 2.45) is 5.92 Å². The molecule has 210 valence electrons. The molecule has 2 atom stereocenters. The average Bonchev–Trinajstić information content (AvgIpc) is 3.59. The predicted octanol–water partition coefficient (Wildman–Crippen LogP) is 5.83. The lowest BCUT2D eigenvalue weighted by Crippen LogP contribution is -2.50. The summed E-state index contributed by atoms with van der Waals surface area (Å²) >= 11 is 0. The van der Waals surface area contributed by atoms with Gasteiger partial charge in [0.2, 0.25) is 5.91 Å². The molecule has 1 aliphatic heterocycles. The molecule has 7 heteroatoms. The average molecular weight is 548 g/mol. The molecule has 2 N–H and O–H groups in total. The lowest BCUT2D eigenvalue weighted by molar-refractivity contribution is -0.122. The topological polar surface area (TPSA) is 79.3 Å². The number of carbonyl (C=O) groups is 2. The van der Waals surface area contributed by atoms with Crippen LogP contribution in [0, 0.1) is 5.92 Å². The molecule has 41 heavy (non-hydrogen) atoms. The van der Waals surface area contributed by atoms with Gasteiger partial charge in [-0.1, -0.05) is 54.6 Å². The number of rotatable bonds is 6. The third-order valence-corrected chi connectivity index (χ3v) is 8.01. The van der Waals surface area contributed by atoms with E-state index in [-0.39, 0.29) is 23.4 Å². The van der Waals surface area contributed by atoms with Crippen LogP contribution >= 0.6 is 0 Å². The highest BCUT2D eigenvalue weighted by Gasteiger charge is 2.43. The number of hydrogen-bond acceptors (Lipinski definition) is 3. The summed E-state index contributed by atoms with van der Waals surface area (Å²) in [5.41, 5.74) is 7.60. The highest BCUT2D eigenvalue weighted by molar-refractivity contribution is 5.83. The molecule has 0 spiro atoms. The van der Waals surface area contributed by atoms with E-state index in [4.69, 9.17) is 0 Å². The molecule has 1 unspecified atom stereocenters. The fourth-order valence-corrected chi connectivity index (χ4v) is 5.85. The maximum atomic E-state index is 13.1. The van der Waals surface area contributed by atoms with Crippen LogP contribution < -0.4 is 10.6 Å². The highest BCUT2D eigenvalue weighted by atomic mass is 16.2. The van der Waals surface area contributed by atoms with Gasteiger partial charge in [0.05, 0.1) is 5.69 Å². The third kappa shape index (κ3) is 5.89. The monoisotopic (exact) mass is 547 g/mol. The van der Waals surface area contributed by atoms with E-state index in [2.05, 4.69) is 58.2 Å². The van der Waals surface area contributed by atoms with Crippen LogP contribution in [-0.2, 0) is 24.3 Å². The molecule has 1 aliphatic carbocycles. The molecule has 4 aromatic rings. The lowest BCUT2D eigenvalue weighted by atomic mass is 9.87. The lowest BCUT2D eigenvalue weighted by Gasteiger charge is -2.34. The van der Waals surface area contributed by atoms with Crippen molar-refractivity contribution in [3.63, 3.8) is 0 Å². The number of aromatic nitrogens is 2. The molecule has 2 heterocycles. The summed E-state index contributed by atoms with van der Waals surface area (Å²) in [6.07, 6.45) is 5.35. The Balaban J connectivity index is 1.27. The Morgan fingerprint density at radius 2 is 1.80 bits per heavy atom. The van der Waals surface area contributed by atoms with Gasteiger partial charge in [-0.05, 0) is 91.1 Å². The number of fused-ring (bicyclic) bond motifs is 1. The summed E-state index contributed by atoms with van der Waals surface area (Å²) in [6.45, 7) is 7.57. The van der Waals surface area contributed by atoms with E-state index < -0.39 is 0 Å². The Labute approximate surface area is 241 Å². The predicted molar refractivity (Wildman–Crippen MR) is 161 cm³/mol. The van der Waals surface area contributed by atoms with Crippen molar-refractivity contribution in [1.82, 2.24) is 25.3 Å². The summed E-state index contributed by atoms with van der Waals surface area (Å²) in [6, 6.07) is 24.8. The van der Waals surface area contributed by atoms with Gasteiger partial charge in [-0.2, -0.15) is 5.10 Å². The van der Waals surface area contributed by atoms with Gasteiger partial charge in [0.15, 0.2) is 0 Å². The van der Waals surface area contributed by atoms with Crippen LogP contribution in [0.2, 0.25) is 0 Å². The highest BCUT2D eigenvalue weighted by Crippen LogP contribution is 2.47. The summed E-state index contributed by atoms with van der Waals surface area (Å²) in [4.78, 5) is 28.1. The first-order valence-corrected chi connectivity index (χ1v) is 14.4. The van der Waals surface area contributed by atoms with Gasteiger partial charge in [0.1, 0.15) is 0 Å². The maximum absolute atomic E-state index is 13.1. The minimum absolute atomic E-state index is 0.0200. The second kappa shape index (κ2) is 10.9. The smallest absolute Gasteiger partial charge is 0.318 e. The van der Waals surface area contributed by atoms with Crippen LogP contribution in [0.5, 0.6) is 0 Å². The van der Waals surface area contributed by atoms with E-state index >= 15 is 0 Å². The third-order valence-electron chi connectivity index (χ3n) is 8.01. The minimum atomic E-state index is -0.317. The molecule has 1 saturated carbocycles. The summed E-state index contributed by atoms with van der Waals surface area (Å²) in [5, 5.41) is 10.7. The number of hydrogen-bond donors (Lipinski definition) is 2. The number of carbonyl (C=O) groups excluding carboxylic acids is 2. The molecule has 6 rings (SSSR count). The van der Waals surface area contributed by atoms with Gasteiger partial charge in [-0.3, -0.25) is 4.79 Å². The zero-order valence-electron chi connectivity index (χ0n) is 23.9. The Morgan fingerprint density at radius 1 is 0.976 bits per heavy atom. The molecule has 3 aromatic carbocycles. The van der Waals surface area contributed by atoms with Crippen molar-refractivity contribution in [3.8, 4) is 16.8 Å². The summed E-state index contributed by atoms with van der Waals surface area (Å²) < 4.78 is 1.86. The Kier molecular flexibility index (Phi) is 7.12. The summed E-state index contributed by atoms with van der Waals surface area (Å²) in [7, 11) is 0. The van der Waals surface area contributed by atoms with E-state index in [0.29, 0.717) is 25.6 Å². The van der Waals surface area contributed by atoms with Crippen LogP contribution in [0.25, 0.3) is 16.8 Å². The van der Waals surface area contributed by atoms with Crippen LogP contribution in [0.3, 0.4) is 0 Å². The first kappa shape index (κ1) is 26.8. The fourth-order valence-electron chi connectivity index (χ4n) is 5.85. The molecule has 0 bridgehead atoms. The van der Waals surface area contributed by atoms with E-state index in [9.17, 15) is 9.59 Å². The van der Waals surface area contributed by atoms with Gasteiger partial charge in [0.25, 0.3) is 0 Å². The van der Waals surface area contributed by atoms with Crippen molar-refractivity contribution >= 4 is 11.9 Å². The van der Waals surface area contributed by atoms with Crippen molar-refractivity contribution < 1.29 is 9.59 Å². The van der Waals surface area contributed by atoms with Crippen LogP contribution in [0.15, 0.2) is 85.2 Å². The van der Waals surface area contributed by atoms with Crippen molar-refractivity contribution in [1.29, 1.82) is 0 Å². The van der Waals surface area contributed by atoms with Gasteiger partial charge >= 0.3 is 6.03 Å². The Bertz CT molecular complexity index is 1560. The molecule has 7 nitrogen and oxygen atoms in total. The quantitative estimate of drug-likeness (QED) is 0.319. The van der Waals surface area contributed by atoms with Gasteiger partial charge in [0, 0.05) is 43.5 Å². The molecule has 0 radical (unpaired) electrons. The van der Waals surface area contributed by atoms with Crippen LogP contribution in [-0.4, -0.2) is 38.7 Å². The molecule has 0 saturated heterocycles. The van der Waals surface area contributed by atoms with Crippen LogP contribution in [0.1, 0.15) is 55.4 Å². The molecule has 3 amide bonds. The van der Waals surface area contributed by atoms with Crippen molar-refractivity contribution in [2.75, 3.05) is 6.54 Å². The number of nitrogens with one attached hydrogen (secondary N) is 2. The van der Waals surface area contributed by atoms with E-state index in [1.54, 1.807) is 6.20 Å². The number of benzene rings is 3. The number of urea groups is 1. The first-order chi connectivity index (χ1) is 19.8. The second-order valence-corrected chi connectivity index (χ2v) is 12.2. The van der Waals surface area contributed by atoms with Gasteiger partial charge in [-0.25, -0.2) is 9.48 Å². The SMILES string of the molecule is CC(C)(C)NC(=O)N1CCc2c(-c3cccc(-n4cccn4)c3)ccc(CNC(=O)C3C[C@H]3c3ccccc3)c2C1. The van der Waals surface area contributed by atoms with Crippen molar-refractivity contribution in [2.45, 2.75) is 58.2 Å². The molecular weight excluding hydrogens is 510 g/mol. The first-order valence-electron chi connectivity index (χ1n) is 14.4. The fraction of sp³-hybridized carbons (Fsp3) is 0.324. The second-order valence-electron chi connectivity index (χ2n) is 12.2. The normalized spacial score (nSPS) is 18.0. The maximum Gasteiger partial charge on any atom is 0.318 e. The number of amides is 3. The molecule has 1 aromatic heterocycles. The Hall–Kier alpha value is -4.39. The Morgan fingerprint density at radius 3 is 2.56 bits per heavy atom. The molecular formula is C34H37N5O2. The van der Waals surface area contributed by atoms with E-state index in [1.165, 1.54) is 11.1 Å². The summed E-state index contributed by atoms with van der Waals surface area (Å²) in [5.74, 6) is 0.416. The van der Waals surface area contributed by atoms with E-state index in [0.717, 1.165) is 40.8 Å². The molecule has 1 fully saturated rings. The standard InChI is InChI=1S/C34H37N5O2/c1-34(2,3)37-33(41)38-18-15-28-27(24-11-7-12-26(19-24)39-17-8-16-36-39)14-13-25(31(28)22-38)21-35-32(40)30-20-29(30)23-9-5-4-6-10-23/h4-14,16-17,19,29-30H,15,18,20-22H2,1-3H3,(H,35,40)(H,37,41)/t29-,30?/m0/s1. The van der Waals surface area contributed by atoms with Gasteiger partial charge < -0.3 is 15.5 Å². The zero-order chi connectivity index (χ0) is 28.6. The zero-order valence-corrected chi connectivity index (χ0v) is 23.9. The van der Waals surface area contributed by atoms with Crippen LogP contribution in [0.4, 0.5) is 4.79 Å². The van der Waals surface area contributed by atoms with Gasteiger partial charge in [-0.15, -0.1) is 0 Å². The van der Waals surface area contributed by atoms with E-state index in [1.807, 2.05) is 66.9 Å². The van der Waals surface area contributed by atoms with Crippen molar-refractivity contribution in [3.05, 3.63) is 107 Å². The molecule has 2 aliphatic rings.